The Morgan fingerprint density at radius 2 is 1.96 bits per heavy atom. The van der Waals surface area contributed by atoms with Gasteiger partial charge in [0, 0.05) is 11.7 Å². The second-order valence-corrected chi connectivity index (χ2v) is 6.06. The minimum Gasteiger partial charge on any atom is -0.492 e. The molecular weight excluding hydrogens is 300 g/mol. The van der Waals surface area contributed by atoms with E-state index in [0.717, 1.165) is 30.0 Å². The number of para-hydroxylation sites is 3. The number of nitrogens with zero attached hydrogens (tertiary/aromatic N) is 1. The summed E-state index contributed by atoms with van der Waals surface area (Å²) >= 11 is 0. The summed E-state index contributed by atoms with van der Waals surface area (Å²) in [6.45, 7) is 4.92. The summed E-state index contributed by atoms with van der Waals surface area (Å²) in [6, 6.07) is 16.1. The molecule has 0 spiro atoms. The molecule has 1 aliphatic rings. The average Bonchev–Trinajstić information content (AvgIpc) is 2.61. The van der Waals surface area contributed by atoms with Crippen molar-refractivity contribution in [2.75, 3.05) is 23.4 Å². The highest BCUT2D eigenvalue weighted by atomic mass is 16.5. The van der Waals surface area contributed by atoms with Gasteiger partial charge in [0.1, 0.15) is 5.75 Å². The molecule has 1 aliphatic heterocycles. The Hall–Kier alpha value is -2.49. The van der Waals surface area contributed by atoms with Crippen molar-refractivity contribution in [3.8, 4) is 5.75 Å². The van der Waals surface area contributed by atoms with Gasteiger partial charge < -0.3 is 15.0 Å². The number of nitrogens with one attached hydrogen (secondary N) is 1. The number of fused-ring (bicyclic) bond motifs is 1. The molecule has 0 bridgehead atoms. The Labute approximate surface area is 143 Å². The normalized spacial score (nSPS) is 16.4. The molecule has 0 saturated carbocycles. The SMILES string of the molecule is CCOc1ccccc1NCC(=O)N1c2ccccc2CC[C@@H]1C. The molecular formula is C20H24N2O2. The van der Waals surface area contributed by atoms with E-state index in [-0.39, 0.29) is 18.5 Å². The van der Waals surface area contributed by atoms with Crippen LogP contribution in [-0.4, -0.2) is 25.1 Å². The lowest BCUT2D eigenvalue weighted by atomic mass is 9.96. The number of hydrogen-bond donors (Lipinski definition) is 1. The molecule has 24 heavy (non-hydrogen) atoms. The van der Waals surface area contributed by atoms with Gasteiger partial charge in [-0.3, -0.25) is 4.79 Å². The largest absolute Gasteiger partial charge is 0.492 e. The third-order valence-electron chi connectivity index (χ3n) is 4.41. The number of carbonyl (C=O) groups excluding carboxylic acids is 1. The van der Waals surface area contributed by atoms with Crippen molar-refractivity contribution >= 4 is 17.3 Å². The summed E-state index contributed by atoms with van der Waals surface area (Å²) < 4.78 is 5.60. The molecule has 3 rings (SSSR count). The number of carbonyl (C=O) groups is 1. The third kappa shape index (κ3) is 3.37. The molecule has 0 aromatic heterocycles. The molecule has 126 valence electrons. The molecule has 2 aromatic rings. The summed E-state index contributed by atoms with van der Waals surface area (Å²) in [5.74, 6) is 0.862. The lowest BCUT2D eigenvalue weighted by molar-refractivity contribution is -0.117. The fraction of sp³-hybridized carbons (Fsp3) is 0.350. The maximum absolute atomic E-state index is 12.8. The Bertz CT molecular complexity index is 714. The van der Waals surface area contributed by atoms with Gasteiger partial charge in [-0.2, -0.15) is 0 Å². The predicted molar refractivity (Wildman–Crippen MR) is 97.8 cm³/mol. The molecule has 4 nitrogen and oxygen atoms in total. The highest BCUT2D eigenvalue weighted by molar-refractivity contribution is 5.97. The first-order valence-corrected chi connectivity index (χ1v) is 8.56. The molecule has 1 amide bonds. The number of anilines is 2. The van der Waals surface area contributed by atoms with Crippen LogP contribution < -0.4 is 15.0 Å². The highest BCUT2D eigenvalue weighted by Gasteiger charge is 2.27. The van der Waals surface area contributed by atoms with E-state index in [1.807, 2.05) is 54.3 Å². The molecule has 1 heterocycles. The maximum Gasteiger partial charge on any atom is 0.246 e. The number of aryl methyl sites for hydroxylation is 1. The van der Waals surface area contributed by atoms with Gasteiger partial charge in [-0.15, -0.1) is 0 Å². The lowest BCUT2D eigenvalue weighted by Crippen LogP contribution is -2.44. The van der Waals surface area contributed by atoms with E-state index in [9.17, 15) is 4.79 Å². The summed E-state index contributed by atoms with van der Waals surface area (Å²) in [6.07, 6.45) is 2.03. The van der Waals surface area contributed by atoms with Crippen molar-refractivity contribution in [3.63, 3.8) is 0 Å². The highest BCUT2D eigenvalue weighted by Crippen LogP contribution is 2.31. The molecule has 0 saturated heterocycles. The first-order chi connectivity index (χ1) is 11.7. The Morgan fingerprint density at radius 3 is 2.79 bits per heavy atom. The van der Waals surface area contributed by atoms with E-state index in [1.54, 1.807) is 0 Å². The van der Waals surface area contributed by atoms with Crippen LogP contribution in [-0.2, 0) is 11.2 Å². The topological polar surface area (TPSA) is 41.6 Å². The van der Waals surface area contributed by atoms with Crippen LogP contribution in [0.3, 0.4) is 0 Å². The third-order valence-corrected chi connectivity index (χ3v) is 4.41. The van der Waals surface area contributed by atoms with Crippen LogP contribution in [0.25, 0.3) is 0 Å². The zero-order valence-electron chi connectivity index (χ0n) is 14.3. The van der Waals surface area contributed by atoms with Gasteiger partial charge in [-0.1, -0.05) is 30.3 Å². The molecule has 0 aliphatic carbocycles. The number of rotatable bonds is 5. The molecule has 0 radical (unpaired) electrons. The van der Waals surface area contributed by atoms with Crippen LogP contribution in [0.2, 0.25) is 0 Å². The summed E-state index contributed by atoms with van der Waals surface area (Å²) in [7, 11) is 0. The van der Waals surface area contributed by atoms with Gasteiger partial charge in [0.15, 0.2) is 0 Å². The average molecular weight is 324 g/mol. The van der Waals surface area contributed by atoms with Crippen molar-refractivity contribution in [2.24, 2.45) is 0 Å². The van der Waals surface area contributed by atoms with Gasteiger partial charge in [0.25, 0.3) is 0 Å². The van der Waals surface area contributed by atoms with Crippen molar-refractivity contribution in [3.05, 3.63) is 54.1 Å². The number of amides is 1. The molecule has 2 aromatic carbocycles. The van der Waals surface area contributed by atoms with Crippen LogP contribution in [0.5, 0.6) is 5.75 Å². The van der Waals surface area contributed by atoms with Gasteiger partial charge >= 0.3 is 0 Å². The lowest BCUT2D eigenvalue weighted by Gasteiger charge is -2.35. The fourth-order valence-electron chi connectivity index (χ4n) is 3.22. The van der Waals surface area contributed by atoms with Gasteiger partial charge in [0.2, 0.25) is 5.91 Å². The Balaban J connectivity index is 1.74. The Kier molecular flexibility index (Phi) is 5.04. The fourth-order valence-corrected chi connectivity index (χ4v) is 3.22. The van der Waals surface area contributed by atoms with Crippen molar-refractivity contribution < 1.29 is 9.53 Å². The Morgan fingerprint density at radius 1 is 1.21 bits per heavy atom. The van der Waals surface area contributed by atoms with E-state index in [4.69, 9.17) is 4.74 Å². The van der Waals surface area contributed by atoms with E-state index < -0.39 is 0 Å². The molecule has 1 atom stereocenters. The standard InChI is InChI=1S/C20H24N2O2/c1-3-24-19-11-7-5-9-17(19)21-14-20(23)22-15(2)12-13-16-8-4-6-10-18(16)22/h4-11,15,21H,3,12-14H2,1-2H3/t15-/m0/s1. The van der Waals surface area contributed by atoms with E-state index >= 15 is 0 Å². The minimum absolute atomic E-state index is 0.0842. The second kappa shape index (κ2) is 7.39. The molecule has 4 heteroatoms. The van der Waals surface area contributed by atoms with Crippen molar-refractivity contribution in [1.29, 1.82) is 0 Å². The van der Waals surface area contributed by atoms with Gasteiger partial charge in [-0.25, -0.2) is 0 Å². The first kappa shape index (κ1) is 16.4. The monoisotopic (exact) mass is 324 g/mol. The zero-order chi connectivity index (χ0) is 16.9. The zero-order valence-corrected chi connectivity index (χ0v) is 14.3. The van der Waals surface area contributed by atoms with Crippen molar-refractivity contribution in [1.82, 2.24) is 0 Å². The number of hydrogen-bond acceptors (Lipinski definition) is 3. The van der Waals surface area contributed by atoms with Crippen LogP contribution >= 0.6 is 0 Å². The molecule has 0 fully saturated rings. The smallest absolute Gasteiger partial charge is 0.246 e. The van der Waals surface area contributed by atoms with Crippen LogP contribution in [0.15, 0.2) is 48.5 Å². The first-order valence-electron chi connectivity index (χ1n) is 8.56. The minimum atomic E-state index is 0.0842. The maximum atomic E-state index is 12.8. The summed E-state index contributed by atoms with van der Waals surface area (Å²) in [5, 5.41) is 3.23. The van der Waals surface area contributed by atoms with Crippen LogP contribution in [0.4, 0.5) is 11.4 Å². The molecule has 1 N–H and O–H groups in total. The van der Waals surface area contributed by atoms with E-state index in [1.165, 1.54) is 5.56 Å². The van der Waals surface area contributed by atoms with Crippen LogP contribution in [0.1, 0.15) is 25.8 Å². The molecule has 0 unspecified atom stereocenters. The van der Waals surface area contributed by atoms with E-state index in [2.05, 4.69) is 18.3 Å². The second-order valence-electron chi connectivity index (χ2n) is 6.06. The number of ether oxygens (including phenoxy) is 1. The summed E-state index contributed by atoms with van der Waals surface area (Å²) in [5.41, 5.74) is 3.14. The van der Waals surface area contributed by atoms with Gasteiger partial charge in [-0.05, 0) is 50.5 Å². The quantitative estimate of drug-likeness (QED) is 0.908. The predicted octanol–water partition coefficient (Wildman–Crippen LogP) is 3.87. The summed E-state index contributed by atoms with van der Waals surface area (Å²) in [4.78, 5) is 14.8. The number of benzene rings is 2. The van der Waals surface area contributed by atoms with E-state index in [0.29, 0.717) is 6.61 Å². The van der Waals surface area contributed by atoms with Crippen LogP contribution in [0, 0.1) is 0 Å². The van der Waals surface area contributed by atoms with Crippen molar-refractivity contribution in [2.45, 2.75) is 32.7 Å². The van der Waals surface area contributed by atoms with Gasteiger partial charge in [0.05, 0.1) is 18.8 Å².